The van der Waals surface area contributed by atoms with Gasteiger partial charge < -0.3 is 9.53 Å². The lowest BCUT2D eigenvalue weighted by atomic mass is 9.63. The fraction of sp³-hybridized carbons (Fsp3) is 0.952. The van der Waals surface area contributed by atoms with Gasteiger partial charge in [-0.05, 0) is 37.0 Å². The van der Waals surface area contributed by atoms with Crippen molar-refractivity contribution in [2.24, 2.45) is 17.3 Å². The molecule has 0 aliphatic heterocycles. The molecule has 3 atom stereocenters. The van der Waals surface area contributed by atoms with E-state index in [0.29, 0.717) is 18.3 Å². The van der Waals surface area contributed by atoms with Crippen molar-refractivity contribution >= 4 is 6.29 Å². The van der Waals surface area contributed by atoms with E-state index in [4.69, 9.17) is 4.74 Å². The Hall–Kier alpha value is -0.370. The number of ether oxygens (including phenoxy) is 1. The molecule has 2 heteroatoms. The van der Waals surface area contributed by atoms with Gasteiger partial charge in [0.25, 0.3) is 0 Å². The second-order valence-electron chi connectivity index (χ2n) is 8.14. The van der Waals surface area contributed by atoms with Gasteiger partial charge in [-0.25, -0.2) is 0 Å². The summed E-state index contributed by atoms with van der Waals surface area (Å²) in [7, 11) is 0. The van der Waals surface area contributed by atoms with E-state index in [-0.39, 0.29) is 11.5 Å². The summed E-state index contributed by atoms with van der Waals surface area (Å²) in [4.78, 5) is 11.2. The van der Waals surface area contributed by atoms with Crippen LogP contribution >= 0.6 is 0 Å². The molecule has 1 rings (SSSR count). The highest BCUT2D eigenvalue weighted by Crippen LogP contribution is 2.46. The van der Waals surface area contributed by atoms with Crippen LogP contribution in [0.15, 0.2) is 0 Å². The second-order valence-corrected chi connectivity index (χ2v) is 8.14. The Kier molecular flexibility index (Phi) is 10.1. The van der Waals surface area contributed by atoms with Gasteiger partial charge >= 0.3 is 0 Å². The van der Waals surface area contributed by atoms with Crippen molar-refractivity contribution in [2.45, 2.75) is 104 Å². The molecule has 0 aromatic heterocycles. The van der Waals surface area contributed by atoms with Crippen molar-refractivity contribution < 1.29 is 9.53 Å². The van der Waals surface area contributed by atoms with Crippen LogP contribution < -0.4 is 0 Å². The van der Waals surface area contributed by atoms with Gasteiger partial charge in [0.05, 0.1) is 6.10 Å². The van der Waals surface area contributed by atoms with Gasteiger partial charge in [0.2, 0.25) is 0 Å². The molecule has 136 valence electrons. The van der Waals surface area contributed by atoms with E-state index in [0.717, 1.165) is 12.9 Å². The molecule has 1 aliphatic carbocycles. The molecule has 0 N–H and O–H groups in total. The second kappa shape index (κ2) is 11.2. The van der Waals surface area contributed by atoms with Crippen LogP contribution in [0.2, 0.25) is 0 Å². The summed E-state index contributed by atoms with van der Waals surface area (Å²) < 4.78 is 6.11. The Bertz CT molecular complexity index is 311. The van der Waals surface area contributed by atoms with Crippen LogP contribution in [0.3, 0.4) is 0 Å². The molecule has 0 unspecified atom stereocenters. The van der Waals surface area contributed by atoms with Crippen LogP contribution in [-0.4, -0.2) is 19.0 Å². The first-order valence-electron chi connectivity index (χ1n) is 10.1. The van der Waals surface area contributed by atoms with E-state index in [2.05, 4.69) is 27.7 Å². The lowest BCUT2D eigenvalue weighted by Crippen LogP contribution is -2.46. The number of unbranched alkanes of at least 4 members (excludes halogenated alkanes) is 6. The first-order valence-corrected chi connectivity index (χ1v) is 10.1. The third kappa shape index (κ3) is 6.95. The molecule has 0 bridgehead atoms. The fourth-order valence-corrected chi connectivity index (χ4v) is 4.42. The largest absolute Gasteiger partial charge is 0.378 e. The molecule has 0 saturated heterocycles. The Labute approximate surface area is 144 Å². The summed E-state index contributed by atoms with van der Waals surface area (Å²) in [5.74, 6) is 1.11. The van der Waals surface area contributed by atoms with Crippen LogP contribution in [-0.2, 0) is 9.53 Å². The summed E-state index contributed by atoms with van der Waals surface area (Å²) in [5.41, 5.74) is 0.209. The lowest BCUT2D eigenvalue weighted by Gasteiger charge is -2.47. The standard InChI is InChI=1S/C21H40O2/c1-5-7-8-9-10-11-12-13-18-14-16-21(3,4)20(23-6-2)19(18)15-17-22/h17-20H,5-16H2,1-4H3/t18-,19+,20-/m1/s1. The number of carbonyl (C=O) groups is 1. The number of carbonyl (C=O) groups excluding carboxylic acids is 1. The Morgan fingerprint density at radius 1 is 1.04 bits per heavy atom. The third-order valence-electron chi connectivity index (χ3n) is 5.82. The van der Waals surface area contributed by atoms with Gasteiger partial charge in [0.15, 0.2) is 0 Å². The van der Waals surface area contributed by atoms with Crippen LogP contribution in [0.25, 0.3) is 0 Å². The predicted octanol–water partition coefficient (Wildman–Crippen LogP) is 6.17. The van der Waals surface area contributed by atoms with Crippen molar-refractivity contribution in [3.05, 3.63) is 0 Å². The number of aldehydes is 1. The van der Waals surface area contributed by atoms with Crippen molar-refractivity contribution in [1.82, 2.24) is 0 Å². The zero-order chi connectivity index (χ0) is 17.1. The van der Waals surface area contributed by atoms with Gasteiger partial charge in [-0.2, -0.15) is 0 Å². The molecular weight excluding hydrogens is 284 g/mol. The normalized spacial score (nSPS) is 27.0. The third-order valence-corrected chi connectivity index (χ3v) is 5.82. The molecule has 23 heavy (non-hydrogen) atoms. The van der Waals surface area contributed by atoms with Crippen LogP contribution in [0.5, 0.6) is 0 Å². The molecule has 0 amide bonds. The first kappa shape index (κ1) is 20.7. The minimum atomic E-state index is 0.209. The molecule has 0 heterocycles. The molecule has 1 fully saturated rings. The van der Waals surface area contributed by atoms with Crippen LogP contribution in [0.1, 0.15) is 98.3 Å². The van der Waals surface area contributed by atoms with E-state index in [9.17, 15) is 4.79 Å². The minimum absolute atomic E-state index is 0.209. The monoisotopic (exact) mass is 324 g/mol. The van der Waals surface area contributed by atoms with E-state index in [1.54, 1.807) is 0 Å². The quantitative estimate of drug-likeness (QED) is 0.317. The Balaban J connectivity index is 2.44. The highest BCUT2D eigenvalue weighted by atomic mass is 16.5. The van der Waals surface area contributed by atoms with E-state index in [1.807, 2.05) is 0 Å². The molecule has 0 spiro atoms. The van der Waals surface area contributed by atoms with E-state index < -0.39 is 0 Å². The van der Waals surface area contributed by atoms with Crippen LogP contribution in [0, 0.1) is 17.3 Å². The summed E-state index contributed by atoms with van der Waals surface area (Å²) in [6.45, 7) is 9.73. The average Bonchev–Trinajstić information content (AvgIpc) is 2.52. The van der Waals surface area contributed by atoms with Crippen molar-refractivity contribution in [3.63, 3.8) is 0 Å². The highest BCUT2D eigenvalue weighted by molar-refractivity contribution is 5.50. The zero-order valence-electron chi connectivity index (χ0n) is 16.1. The summed E-state index contributed by atoms with van der Waals surface area (Å²) >= 11 is 0. The molecule has 0 aromatic carbocycles. The highest BCUT2D eigenvalue weighted by Gasteiger charge is 2.43. The minimum Gasteiger partial charge on any atom is -0.378 e. The zero-order valence-corrected chi connectivity index (χ0v) is 16.1. The van der Waals surface area contributed by atoms with Gasteiger partial charge in [-0.3, -0.25) is 0 Å². The number of hydrogen-bond donors (Lipinski definition) is 0. The van der Waals surface area contributed by atoms with Gasteiger partial charge in [0.1, 0.15) is 6.29 Å². The predicted molar refractivity (Wildman–Crippen MR) is 98.7 cm³/mol. The summed E-state index contributed by atoms with van der Waals surface area (Å²) in [6, 6.07) is 0. The SMILES string of the molecule is CCCCCCCCC[C@@H]1CCC(C)(C)[C@H](OCC)[C@H]1CC=O. The van der Waals surface area contributed by atoms with Gasteiger partial charge in [-0.1, -0.05) is 72.1 Å². The average molecular weight is 325 g/mol. The lowest BCUT2D eigenvalue weighted by molar-refractivity contribution is -0.122. The topological polar surface area (TPSA) is 26.3 Å². The first-order chi connectivity index (χ1) is 11.1. The number of hydrogen-bond acceptors (Lipinski definition) is 2. The maximum absolute atomic E-state index is 11.2. The summed E-state index contributed by atoms with van der Waals surface area (Å²) in [5, 5.41) is 0. The molecule has 0 radical (unpaired) electrons. The molecule has 1 saturated carbocycles. The molecule has 0 aromatic rings. The van der Waals surface area contributed by atoms with Crippen molar-refractivity contribution in [3.8, 4) is 0 Å². The van der Waals surface area contributed by atoms with Gasteiger partial charge in [-0.15, -0.1) is 0 Å². The Morgan fingerprint density at radius 2 is 1.70 bits per heavy atom. The maximum Gasteiger partial charge on any atom is 0.120 e. The smallest absolute Gasteiger partial charge is 0.120 e. The van der Waals surface area contributed by atoms with E-state index >= 15 is 0 Å². The molecule has 1 aliphatic rings. The maximum atomic E-state index is 11.2. The van der Waals surface area contributed by atoms with E-state index in [1.165, 1.54) is 64.2 Å². The fourth-order valence-electron chi connectivity index (χ4n) is 4.42. The Morgan fingerprint density at radius 3 is 2.30 bits per heavy atom. The number of rotatable bonds is 12. The van der Waals surface area contributed by atoms with Crippen molar-refractivity contribution in [2.75, 3.05) is 6.61 Å². The molecular formula is C21H40O2. The van der Waals surface area contributed by atoms with Crippen LogP contribution in [0.4, 0.5) is 0 Å². The van der Waals surface area contributed by atoms with Crippen molar-refractivity contribution in [1.29, 1.82) is 0 Å². The van der Waals surface area contributed by atoms with Gasteiger partial charge in [0, 0.05) is 13.0 Å². The summed E-state index contributed by atoms with van der Waals surface area (Å²) in [6.07, 6.45) is 15.4. The molecule has 2 nitrogen and oxygen atoms in total.